The number of primary amides is 1. The largest absolute Gasteiger partial charge is 0.366 e. The molecular formula is C22H24ClN3O2. The summed E-state index contributed by atoms with van der Waals surface area (Å²) in [5.74, 6) is -0.647. The van der Waals surface area contributed by atoms with Crippen molar-refractivity contribution in [2.24, 2.45) is 18.2 Å². The van der Waals surface area contributed by atoms with Crippen LogP contribution in [-0.4, -0.2) is 16.4 Å². The normalized spacial score (nSPS) is 12.8. The molecule has 3 rings (SSSR count). The molecule has 0 fully saturated rings. The molecule has 0 bridgehead atoms. The fraction of sp³-hybridized carbons (Fsp3) is 0.273. The Bertz CT molecular complexity index is 1050. The van der Waals surface area contributed by atoms with Gasteiger partial charge in [-0.15, -0.1) is 0 Å². The zero-order valence-corrected chi connectivity index (χ0v) is 17.2. The molecule has 0 aliphatic rings. The second kappa shape index (κ2) is 7.32. The molecule has 3 aromatic rings. The van der Waals surface area contributed by atoms with Crippen molar-refractivity contribution in [3.63, 3.8) is 0 Å². The molecule has 1 aromatic heterocycles. The Morgan fingerprint density at radius 1 is 1.07 bits per heavy atom. The van der Waals surface area contributed by atoms with Crippen LogP contribution in [0.15, 0.2) is 48.5 Å². The van der Waals surface area contributed by atoms with Gasteiger partial charge < -0.3 is 15.6 Å². The van der Waals surface area contributed by atoms with E-state index in [9.17, 15) is 9.59 Å². The van der Waals surface area contributed by atoms with Gasteiger partial charge in [0, 0.05) is 28.5 Å². The molecule has 146 valence electrons. The van der Waals surface area contributed by atoms with Gasteiger partial charge >= 0.3 is 0 Å². The third kappa shape index (κ3) is 3.90. The highest BCUT2D eigenvalue weighted by molar-refractivity contribution is 6.31. The van der Waals surface area contributed by atoms with Gasteiger partial charge in [0.1, 0.15) is 5.69 Å². The summed E-state index contributed by atoms with van der Waals surface area (Å²) >= 11 is 6.09. The fourth-order valence-electron chi connectivity index (χ4n) is 3.37. The number of nitrogens with one attached hydrogen (secondary N) is 1. The minimum absolute atomic E-state index is 0.172. The van der Waals surface area contributed by atoms with E-state index in [-0.39, 0.29) is 17.4 Å². The topological polar surface area (TPSA) is 77.1 Å². The number of carbonyl (C=O) groups is 2. The molecule has 5 nitrogen and oxygen atoms in total. The Labute approximate surface area is 169 Å². The lowest BCUT2D eigenvalue weighted by atomic mass is 9.82. The SMILES string of the molecule is Cn1c(C(=O)N[C@@H](c2ccc(C(N)=O)cc2)C(C)(C)C)cc2ccc(Cl)cc21. The van der Waals surface area contributed by atoms with Crippen LogP contribution in [0, 0.1) is 5.41 Å². The number of nitrogens with zero attached hydrogens (tertiary/aromatic N) is 1. The van der Waals surface area contributed by atoms with Crippen LogP contribution in [0.3, 0.4) is 0 Å². The predicted molar refractivity (Wildman–Crippen MR) is 113 cm³/mol. The molecule has 3 N–H and O–H groups in total. The van der Waals surface area contributed by atoms with Crippen LogP contribution in [0.1, 0.15) is 53.2 Å². The Balaban J connectivity index is 1.94. The van der Waals surface area contributed by atoms with Crippen LogP contribution in [0.4, 0.5) is 0 Å². The summed E-state index contributed by atoms with van der Waals surface area (Å²) in [6.45, 7) is 6.17. The van der Waals surface area contributed by atoms with Crippen molar-refractivity contribution in [1.29, 1.82) is 0 Å². The van der Waals surface area contributed by atoms with Gasteiger partial charge in [0.2, 0.25) is 5.91 Å². The van der Waals surface area contributed by atoms with Gasteiger partial charge in [-0.3, -0.25) is 9.59 Å². The molecule has 1 atom stereocenters. The summed E-state index contributed by atoms with van der Waals surface area (Å²) in [5.41, 5.74) is 7.89. The van der Waals surface area contributed by atoms with E-state index in [0.717, 1.165) is 16.5 Å². The van der Waals surface area contributed by atoms with Gasteiger partial charge in [0.25, 0.3) is 5.91 Å². The molecule has 6 heteroatoms. The Morgan fingerprint density at radius 3 is 2.29 bits per heavy atom. The summed E-state index contributed by atoms with van der Waals surface area (Å²) < 4.78 is 1.84. The molecule has 2 aromatic carbocycles. The average molecular weight is 398 g/mol. The van der Waals surface area contributed by atoms with Crippen molar-refractivity contribution < 1.29 is 9.59 Å². The molecular weight excluding hydrogens is 374 g/mol. The summed E-state index contributed by atoms with van der Waals surface area (Å²) in [6, 6.07) is 14.2. The standard InChI is InChI=1S/C22H24ClN3O2/c1-22(2,3)19(13-5-7-14(8-6-13)20(24)27)25-21(28)18-11-15-9-10-16(23)12-17(15)26(18)4/h5-12,19H,1-4H3,(H2,24,27)(H,25,28)/t19-/m0/s1. The molecule has 0 saturated carbocycles. The minimum atomic E-state index is -0.475. The lowest BCUT2D eigenvalue weighted by Crippen LogP contribution is -2.37. The number of amides is 2. The Kier molecular flexibility index (Phi) is 5.22. The van der Waals surface area contributed by atoms with E-state index < -0.39 is 5.91 Å². The zero-order valence-electron chi connectivity index (χ0n) is 16.4. The third-order valence-electron chi connectivity index (χ3n) is 4.91. The number of fused-ring (bicyclic) bond motifs is 1. The van der Waals surface area contributed by atoms with Crippen molar-refractivity contribution >= 4 is 34.3 Å². The summed E-state index contributed by atoms with van der Waals surface area (Å²) in [4.78, 5) is 24.4. The molecule has 1 heterocycles. The number of hydrogen-bond acceptors (Lipinski definition) is 2. The molecule has 0 unspecified atom stereocenters. The van der Waals surface area contributed by atoms with Crippen LogP contribution >= 0.6 is 11.6 Å². The average Bonchev–Trinajstić information content (AvgIpc) is 2.95. The smallest absolute Gasteiger partial charge is 0.268 e. The first kappa shape index (κ1) is 20.0. The van der Waals surface area contributed by atoms with Gasteiger partial charge in [0.15, 0.2) is 0 Å². The van der Waals surface area contributed by atoms with Crippen molar-refractivity contribution in [3.8, 4) is 0 Å². The number of halogens is 1. The van der Waals surface area contributed by atoms with Crippen molar-refractivity contribution in [2.45, 2.75) is 26.8 Å². The number of carbonyl (C=O) groups excluding carboxylic acids is 2. The van der Waals surface area contributed by atoms with E-state index in [1.54, 1.807) is 12.1 Å². The fourth-order valence-corrected chi connectivity index (χ4v) is 3.53. The van der Waals surface area contributed by atoms with Crippen LogP contribution in [0.5, 0.6) is 0 Å². The number of hydrogen-bond donors (Lipinski definition) is 2. The number of benzene rings is 2. The lowest BCUT2D eigenvalue weighted by Gasteiger charge is -2.32. The van der Waals surface area contributed by atoms with E-state index in [4.69, 9.17) is 17.3 Å². The monoisotopic (exact) mass is 397 g/mol. The van der Waals surface area contributed by atoms with Crippen LogP contribution in [-0.2, 0) is 7.05 Å². The highest BCUT2D eigenvalue weighted by Gasteiger charge is 2.29. The van der Waals surface area contributed by atoms with E-state index >= 15 is 0 Å². The first-order valence-electron chi connectivity index (χ1n) is 9.03. The van der Waals surface area contributed by atoms with Gasteiger partial charge in [-0.25, -0.2) is 0 Å². The first-order chi connectivity index (χ1) is 13.1. The number of aryl methyl sites for hydroxylation is 1. The third-order valence-corrected chi connectivity index (χ3v) is 5.15. The van der Waals surface area contributed by atoms with E-state index in [1.807, 2.05) is 48.0 Å². The maximum atomic E-state index is 13.1. The van der Waals surface area contributed by atoms with Gasteiger partial charge in [-0.1, -0.05) is 50.6 Å². The summed E-state index contributed by atoms with van der Waals surface area (Å²) in [7, 11) is 1.85. The molecule has 0 aliphatic carbocycles. The van der Waals surface area contributed by atoms with E-state index in [1.165, 1.54) is 0 Å². The minimum Gasteiger partial charge on any atom is -0.366 e. The summed E-state index contributed by atoms with van der Waals surface area (Å²) in [6.07, 6.45) is 0. The van der Waals surface area contributed by atoms with Gasteiger partial charge in [0.05, 0.1) is 6.04 Å². The van der Waals surface area contributed by atoms with Crippen molar-refractivity contribution in [1.82, 2.24) is 9.88 Å². The molecule has 2 amide bonds. The van der Waals surface area contributed by atoms with E-state index in [2.05, 4.69) is 26.1 Å². The van der Waals surface area contributed by atoms with Crippen LogP contribution in [0.2, 0.25) is 5.02 Å². The Hall–Kier alpha value is -2.79. The van der Waals surface area contributed by atoms with Gasteiger partial charge in [-0.05, 0) is 41.3 Å². The molecule has 0 radical (unpaired) electrons. The van der Waals surface area contributed by atoms with Gasteiger partial charge in [-0.2, -0.15) is 0 Å². The maximum absolute atomic E-state index is 13.1. The second-order valence-corrected chi connectivity index (χ2v) is 8.49. The van der Waals surface area contributed by atoms with Crippen LogP contribution in [0.25, 0.3) is 10.9 Å². The highest BCUT2D eigenvalue weighted by Crippen LogP contribution is 2.33. The first-order valence-corrected chi connectivity index (χ1v) is 9.41. The second-order valence-electron chi connectivity index (χ2n) is 8.05. The lowest BCUT2D eigenvalue weighted by molar-refractivity contribution is 0.0893. The maximum Gasteiger partial charge on any atom is 0.268 e. The quantitative estimate of drug-likeness (QED) is 0.682. The predicted octanol–water partition coefficient (Wildman–Crippen LogP) is 4.45. The zero-order chi connectivity index (χ0) is 20.6. The van der Waals surface area contributed by atoms with Crippen LogP contribution < -0.4 is 11.1 Å². The highest BCUT2D eigenvalue weighted by atomic mass is 35.5. The molecule has 0 aliphatic heterocycles. The Morgan fingerprint density at radius 2 is 1.71 bits per heavy atom. The molecule has 28 heavy (non-hydrogen) atoms. The summed E-state index contributed by atoms with van der Waals surface area (Å²) in [5, 5.41) is 4.73. The molecule has 0 saturated heterocycles. The van der Waals surface area contributed by atoms with Crippen molar-refractivity contribution in [3.05, 3.63) is 70.4 Å². The van der Waals surface area contributed by atoms with E-state index in [0.29, 0.717) is 16.3 Å². The van der Waals surface area contributed by atoms with Crippen molar-refractivity contribution in [2.75, 3.05) is 0 Å². The number of aromatic nitrogens is 1. The number of nitrogens with two attached hydrogens (primary N) is 1. The molecule has 0 spiro atoms. The number of rotatable bonds is 4.